The zero-order valence-electron chi connectivity index (χ0n) is 22.8. The van der Waals surface area contributed by atoms with E-state index in [1.165, 1.54) is 55.6 Å². The lowest BCUT2D eigenvalue weighted by atomic mass is 9.79. The maximum atomic E-state index is 2.43. The molecule has 0 unspecified atom stereocenters. The molecule has 0 amide bonds. The van der Waals surface area contributed by atoms with E-state index < -0.39 is 0 Å². The van der Waals surface area contributed by atoms with E-state index in [0.29, 0.717) is 0 Å². The first kappa shape index (κ1) is 23.3. The Labute approximate surface area is 217 Å². The monoisotopic (exact) mass is 470 g/mol. The van der Waals surface area contributed by atoms with Gasteiger partial charge in [-0.2, -0.15) is 0 Å². The van der Waals surface area contributed by atoms with Gasteiger partial charge in [0, 0.05) is 0 Å². The minimum atomic E-state index is 0.134. The third-order valence-electron chi connectivity index (χ3n) is 8.41. The quantitative estimate of drug-likeness (QED) is 0.242. The van der Waals surface area contributed by atoms with E-state index in [9.17, 15) is 0 Å². The van der Waals surface area contributed by atoms with E-state index in [4.69, 9.17) is 0 Å². The lowest BCUT2D eigenvalue weighted by Crippen LogP contribution is -2.14. The van der Waals surface area contributed by atoms with Gasteiger partial charge in [-0.25, -0.2) is 0 Å². The summed E-state index contributed by atoms with van der Waals surface area (Å²) in [4.78, 5) is 0. The van der Waals surface area contributed by atoms with Gasteiger partial charge in [-0.1, -0.05) is 114 Å². The van der Waals surface area contributed by atoms with Gasteiger partial charge < -0.3 is 0 Å². The highest BCUT2D eigenvalue weighted by Gasteiger charge is 2.30. The molecule has 0 fully saturated rings. The number of fused-ring (bicyclic) bond motifs is 6. The fourth-order valence-corrected chi connectivity index (χ4v) is 6.61. The molecule has 4 aromatic rings. The Kier molecular flexibility index (Phi) is 5.31. The molecule has 0 bridgehead atoms. The number of rotatable bonds is 3. The van der Waals surface area contributed by atoms with Crippen molar-refractivity contribution in [1.29, 1.82) is 0 Å². The Hall–Kier alpha value is -3.12. The van der Waals surface area contributed by atoms with Crippen LogP contribution < -0.4 is 0 Å². The van der Waals surface area contributed by atoms with Crippen LogP contribution in [0, 0.1) is 0 Å². The molecule has 0 saturated carbocycles. The van der Waals surface area contributed by atoms with E-state index in [-0.39, 0.29) is 10.8 Å². The van der Waals surface area contributed by atoms with Gasteiger partial charge >= 0.3 is 0 Å². The Balaban J connectivity index is 1.40. The van der Waals surface area contributed by atoms with E-state index >= 15 is 0 Å². The molecule has 0 radical (unpaired) electrons. The average Bonchev–Trinajstić information content (AvgIpc) is 3.40. The van der Waals surface area contributed by atoms with Crippen LogP contribution >= 0.6 is 0 Å². The molecule has 2 aliphatic rings. The lowest BCUT2D eigenvalue weighted by Gasteiger charge is -2.25. The molecule has 4 aromatic carbocycles. The van der Waals surface area contributed by atoms with Crippen molar-refractivity contribution in [3.8, 4) is 22.3 Å². The highest BCUT2D eigenvalue weighted by atomic mass is 14.3. The van der Waals surface area contributed by atoms with Gasteiger partial charge in [0.2, 0.25) is 0 Å². The van der Waals surface area contributed by atoms with Crippen LogP contribution in [0.1, 0.15) is 86.1 Å². The molecule has 6 rings (SSSR count). The molecule has 0 heteroatoms. The minimum Gasteiger partial charge on any atom is -0.0619 e. The predicted octanol–water partition coefficient (Wildman–Crippen LogP) is 9.21. The molecule has 0 saturated heterocycles. The fourth-order valence-electron chi connectivity index (χ4n) is 6.61. The lowest BCUT2D eigenvalue weighted by molar-refractivity contribution is 0.590. The van der Waals surface area contributed by atoms with Gasteiger partial charge in [-0.3, -0.25) is 0 Å². The molecule has 36 heavy (non-hydrogen) atoms. The molecular weight excluding hydrogens is 432 g/mol. The van der Waals surface area contributed by atoms with Crippen LogP contribution in [0.5, 0.6) is 0 Å². The Morgan fingerprint density at radius 1 is 0.500 bits per heavy atom. The van der Waals surface area contributed by atoms with E-state index in [1.54, 1.807) is 11.1 Å². The first-order chi connectivity index (χ1) is 17.1. The second-order valence-corrected chi connectivity index (χ2v) is 12.9. The van der Waals surface area contributed by atoms with Crippen molar-refractivity contribution >= 4 is 0 Å². The highest BCUT2D eigenvalue weighted by Crippen LogP contribution is 2.46. The molecular formula is C36H38. The molecule has 182 valence electrons. The SMILES string of the molecule is CC(C)(C)c1ccc(CCc2ccc(C(C)(C)C)c3c2Cc2ccccc2-3)c2c1-c1ccccc1C2. The van der Waals surface area contributed by atoms with Crippen LogP contribution in [0.3, 0.4) is 0 Å². The molecule has 0 heterocycles. The maximum absolute atomic E-state index is 2.43. The highest BCUT2D eigenvalue weighted by molar-refractivity contribution is 5.83. The van der Waals surface area contributed by atoms with Crippen molar-refractivity contribution in [3.05, 3.63) is 117 Å². The first-order valence-corrected chi connectivity index (χ1v) is 13.6. The fraction of sp³-hybridized carbons (Fsp3) is 0.333. The van der Waals surface area contributed by atoms with Crippen LogP contribution in [-0.4, -0.2) is 0 Å². The van der Waals surface area contributed by atoms with Crippen LogP contribution in [0.4, 0.5) is 0 Å². The molecule has 0 N–H and O–H groups in total. The van der Waals surface area contributed by atoms with Gasteiger partial charge in [0.25, 0.3) is 0 Å². The van der Waals surface area contributed by atoms with Crippen LogP contribution in [-0.2, 0) is 36.5 Å². The van der Waals surface area contributed by atoms with Crippen LogP contribution in [0.25, 0.3) is 22.3 Å². The maximum Gasteiger partial charge on any atom is -0.00106 e. The largest absolute Gasteiger partial charge is 0.0619 e. The topological polar surface area (TPSA) is 0 Å². The minimum absolute atomic E-state index is 0.134. The third kappa shape index (κ3) is 3.74. The number of aryl methyl sites for hydroxylation is 2. The summed E-state index contributed by atoms with van der Waals surface area (Å²) in [6.07, 6.45) is 4.32. The van der Waals surface area contributed by atoms with Gasteiger partial charge in [-0.05, 0) is 103 Å². The van der Waals surface area contributed by atoms with Gasteiger partial charge in [0.05, 0.1) is 0 Å². The summed E-state index contributed by atoms with van der Waals surface area (Å²) in [5.41, 5.74) is 18.3. The van der Waals surface area contributed by atoms with Crippen molar-refractivity contribution in [2.45, 2.75) is 78.1 Å². The first-order valence-electron chi connectivity index (χ1n) is 13.6. The van der Waals surface area contributed by atoms with Crippen LogP contribution in [0.2, 0.25) is 0 Å². The molecule has 0 nitrogen and oxygen atoms in total. The van der Waals surface area contributed by atoms with Crippen molar-refractivity contribution in [1.82, 2.24) is 0 Å². The summed E-state index contributed by atoms with van der Waals surface area (Å²) in [5.74, 6) is 0. The Morgan fingerprint density at radius 2 is 0.889 bits per heavy atom. The molecule has 2 aliphatic carbocycles. The zero-order valence-corrected chi connectivity index (χ0v) is 22.8. The van der Waals surface area contributed by atoms with Crippen molar-refractivity contribution in [3.63, 3.8) is 0 Å². The van der Waals surface area contributed by atoms with Gasteiger partial charge in [0.1, 0.15) is 0 Å². The smallest absolute Gasteiger partial charge is 0.00106 e. The van der Waals surface area contributed by atoms with Crippen molar-refractivity contribution in [2.75, 3.05) is 0 Å². The number of hydrogen-bond acceptors (Lipinski definition) is 0. The molecule has 0 aliphatic heterocycles. The standard InChI is InChI=1S/C36H38/c1-35(2,3)31-19-17-23(29-21-25-11-7-9-13-27(25)33(29)31)15-16-24-18-20-32(36(4,5)6)34-28-14-10-8-12-26(28)22-30(24)34/h7-14,17-20H,15-16,21-22H2,1-6H3. The van der Waals surface area contributed by atoms with E-state index in [1.807, 2.05) is 0 Å². The Morgan fingerprint density at radius 3 is 1.28 bits per heavy atom. The van der Waals surface area contributed by atoms with Gasteiger partial charge in [-0.15, -0.1) is 0 Å². The van der Waals surface area contributed by atoms with E-state index in [0.717, 1.165) is 25.7 Å². The normalized spacial score (nSPS) is 13.8. The molecule has 0 aromatic heterocycles. The summed E-state index contributed by atoms with van der Waals surface area (Å²) < 4.78 is 0. The van der Waals surface area contributed by atoms with Gasteiger partial charge in [0.15, 0.2) is 0 Å². The summed E-state index contributed by atoms with van der Waals surface area (Å²) >= 11 is 0. The van der Waals surface area contributed by atoms with Crippen LogP contribution in [0.15, 0.2) is 72.8 Å². The summed E-state index contributed by atoms with van der Waals surface area (Å²) in [5, 5.41) is 0. The molecule has 0 spiro atoms. The predicted molar refractivity (Wildman–Crippen MR) is 154 cm³/mol. The van der Waals surface area contributed by atoms with Crippen molar-refractivity contribution in [2.24, 2.45) is 0 Å². The zero-order chi connectivity index (χ0) is 25.2. The Bertz CT molecular complexity index is 1370. The average molecular weight is 471 g/mol. The second kappa shape index (κ2) is 8.20. The number of hydrogen-bond donors (Lipinski definition) is 0. The summed E-state index contributed by atoms with van der Waals surface area (Å²) in [6, 6.07) is 27.8. The number of benzene rings is 4. The van der Waals surface area contributed by atoms with Crippen molar-refractivity contribution < 1.29 is 0 Å². The summed E-state index contributed by atoms with van der Waals surface area (Å²) in [7, 11) is 0. The second-order valence-electron chi connectivity index (χ2n) is 12.9. The summed E-state index contributed by atoms with van der Waals surface area (Å²) in [6.45, 7) is 14.1. The molecule has 0 atom stereocenters. The third-order valence-corrected chi connectivity index (χ3v) is 8.41. The van der Waals surface area contributed by atoms with E-state index in [2.05, 4.69) is 114 Å².